The maximum atomic E-state index is 12.6. The van der Waals surface area contributed by atoms with Crippen LogP contribution in [0.1, 0.15) is 41.2 Å². The van der Waals surface area contributed by atoms with E-state index in [2.05, 4.69) is 9.47 Å². The van der Waals surface area contributed by atoms with E-state index >= 15 is 0 Å². The van der Waals surface area contributed by atoms with Gasteiger partial charge in [0.05, 0.1) is 32.5 Å². The fraction of sp³-hybridized carbons (Fsp3) is 0.314. The molecular weight excluding hydrogens is 547 g/mol. The van der Waals surface area contributed by atoms with Gasteiger partial charge in [0.1, 0.15) is 18.3 Å². The third kappa shape index (κ3) is 7.34. The average molecular weight is 587 g/mol. The van der Waals surface area contributed by atoms with Crippen molar-refractivity contribution in [1.82, 2.24) is 0 Å². The highest BCUT2D eigenvalue weighted by Gasteiger charge is 2.57. The molecule has 1 aliphatic rings. The lowest BCUT2D eigenvalue weighted by Crippen LogP contribution is -2.65. The van der Waals surface area contributed by atoms with E-state index in [1.807, 2.05) is 122 Å². The summed E-state index contributed by atoms with van der Waals surface area (Å²) >= 11 is 0. The van der Waals surface area contributed by atoms with Crippen molar-refractivity contribution in [2.75, 3.05) is 0 Å². The highest BCUT2D eigenvalue weighted by atomic mass is 31.0. The van der Waals surface area contributed by atoms with E-state index in [1.165, 1.54) is 0 Å². The molecule has 7 heteroatoms. The van der Waals surface area contributed by atoms with Crippen molar-refractivity contribution in [2.24, 2.45) is 0 Å². The van der Waals surface area contributed by atoms with E-state index in [1.54, 1.807) is 0 Å². The third-order valence-corrected chi connectivity index (χ3v) is 7.76. The molecule has 5 rings (SSSR count). The Bertz CT molecular complexity index is 1360. The molecule has 1 N–H and O–H groups in total. The lowest BCUT2D eigenvalue weighted by Gasteiger charge is -2.51. The Kier molecular flexibility index (Phi) is 10.9. The molecule has 6 nitrogen and oxygen atoms in total. The largest absolute Gasteiger partial charge is 0.368 e. The SMILES string of the molecule is CC[C@H]1O[C@@](O)(c2ccccc2COP)[C@H](OCc2ccccc2)[C@@H](OCc2ccccc2)[C@@H]1OCc1ccccc1. The van der Waals surface area contributed by atoms with Crippen LogP contribution in [0.4, 0.5) is 0 Å². The maximum absolute atomic E-state index is 12.6. The molecule has 220 valence electrons. The smallest absolute Gasteiger partial charge is 0.223 e. The molecule has 0 aromatic heterocycles. The van der Waals surface area contributed by atoms with Crippen LogP contribution in [0.3, 0.4) is 0 Å². The quantitative estimate of drug-likeness (QED) is 0.176. The summed E-state index contributed by atoms with van der Waals surface area (Å²) in [5.41, 5.74) is 4.41. The van der Waals surface area contributed by atoms with Crippen LogP contribution in [0.5, 0.6) is 0 Å². The van der Waals surface area contributed by atoms with Gasteiger partial charge in [0.2, 0.25) is 5.79 Å². The zero-order valence-electron chi connectivity index (χ0n) is 23.9. The number of rotatable bonds is 13. The van der Waals surface area contributed by atoms with Crippen LogP contribution in [0.15, 0.2) is 115 Å². The Morgan fingerprint density at radius 3 is 1.64 bits per heavy atom. The van der Waals surface area contributed by atoms with Crippen LogP contribution >= 0.6 is 9.47 Å². The zero-order valence-corrected chi connectivity index (χ0v) is 25.0. The van der Waals surface area contributed by atoms with Gasteiger partial charge in [-0.2, -0.15) is 0 Å². The Morgan fingerprint density at radius 1 is 0.643 bits per heavy atom. The molecule has 1 saturated heterocycles. The predicted octanol–water partition coefficient (Wildman–Crippen LogP) is 6.70. The number of hydrogen-bond donors (Lipinski definition) is 1. The predicted molar refractivity (Wildman–Crippen MR) is 165 cm³/mol. The van der Waals surface area contributed by atoms with E-state index in [0.29, 0.717) is 25.2 Å². The third-order valence-electron chi connectivity index (χ3n) is 7.59. The number of hydrogen-bond acceptors (Lipinski definition) is 6. The summed E-state index contributed by atoms with van der Waals surface area (Å²) in [5.74, 6) is -1.83. The first kappa shape index (κ1) is 30.5. The summed E-state index contributed by atoms with van der Waals surface area (Å²) in [6.07, 6.45) is -1.96. The molecule has 4 aromatic rings. The lowest BCUT2D eigenvalue weighted by molar-refractivity contribution is -0.375. The van der Waals surface area contributed by atoms with Gasteiger partial charge in [0.25, 0.3) is 0 Å². The van der Waals surface area contributed by atoms with Gasteiger partial charge in [-0.25, -0.2) is 0 Å². The minimum absolute atomic E-state index is 0.257. The van der Waals surface area contributed by atoms with Crippen molar-refractivity contribution < 1.29 is 28.6 Å². The van der Waals surface area contributed by atoms with E-state index < -0.39 is 30.2 Å². The Balaban J connectivity index is 1.55. The number of ether oxygens (including phenoxy) is 4. The molecule has 0 bridgehead atoms. The first-order valence-corrected chi connectivity index (χ1v) is 14.9. The number of benzene rings is 4. The van der Waals surface area contributed by atoms with Gasteiger partial charge < -0.3 is 28.6 Å². The molecule has 6 atom stereocenters. The van der Waals surface area contributed by atoms with E-state index in [9.17, 15) is 5.11 Å². The molecule has 1 aliphatic heterocycles. The second-order valence-electron chi connectivity index (χ2n) is 10.5. The van der Waals surface area contributed by atoms with Crippen molar-refractivity contribution in [1.29, 1.82) is 0 Å². The molecule has 4 aromatic carbocycles. The fourth-order valence-electron chi connectivity index (χ4n) is 5.47. The van der Waals surface area contributed by atoms with Crippen LogP contribution < -0.4 is 0 Å². The molecule has 42 heavy (non-hydrogen) atoms. The Hall–Kier alpha value is -2.93. The summed E-state index contributed by atoms with van der Waals surface area (Å²) < 4.78 is 32.0. The lowest BCUT2D eigenvalue weighted by atomic mass is 9.85. The average Bonchev–Trinajstić information content (AvgIpc) is 3.04. The van der Waals surface area contributed by atoms with Crippen molar-refractivity contribution in [3.63, 3.8) is 0 Å². The molecule has 0 radical (unpaired) electrons. The van der Waals surface area contributed by atoms with Crippen LogP contribution in [0.25, 0.3) is 0 Å². The Morgan fingerprint density at radius 2 is 1.12 bits per heavy atom. The molecule has 1 unspecified atom stereocenters. The molecule has 1 fully saturated rings. The maximum Gasteiger partial charge on any atom is 0.223 e. The topological polar surface area (TPSA) is 66.4 Å². The van der Waals surface area contributed by atoms with Crippen LogP contribution in [0, 0.1) is 0 Å². The van der Waals surface area contributed by atoms with Crippen LogP contribution in [-0.2, 0) is 55.7 Å². The van der Waals surface area contributed by atoms with Gasteiger partial charge in [-0.05, 0) is 28.7 Å². The van der Waals surface area contributed by atoms with Crippen molar-refractivity contribution in [3.8, 4) is 0 Å². The number of aliphatic hydroxyl groups is 1. The van der Waals surface area contributed by atoms with Crippen LogP contribution in [-0.4, -0.2) is 29.5 Å². The van der Waals surface area contributed by atoms with Crippen LogP contribution in [0.2, 0.25) is 0 Å². The summed E-state index contributed by atoms with van der Waals surface area (Å²) in [4.78, 5) is 0. The molecule has 1 heterocycles. The molecular formula is C35H39O6P. The van der Waals surface area contributed by atoms with Gasteiger partial charge in [-0.3, -0.25) is 0 Å². The summed E-state index contributed by atoms with van der Waals surface area (Å²) in [6.45, 7) is 3.26. The van der Waals surface area contributed by atoms with Gasteiger partial charge >= 0.3 is 0 Å². The van der Waals surface area contributed by atoms with Gasteiger partial charge in [0, 0.05) is 15.0 Å². The fourth-order valence-corrected chi connectivity index (χ4v) is 5.65. The van der Waals surface area contributed by atoms with Gasteiger partial charge in [-0.1, -0.05) is 122 Å². The molecule has 0 amide bonds. The summed E-state index contributed by atoms with van der Waals surface area (Å²) in [5, 5.41) is 12.6. The standard InChI is InChI=1S/C35H39O6P/c1-2-31-32(37-22-26-14-6-3-7-15-26)33(38-23-27-16-8-4-9-17-27)34(39-24-28-18-10-5-11-19-28)35(36,41-31)30-21-13-12-20-29(30)25-40-42/h3-21,31-34,36H,2,22-25,42H2,1H3/t31-,32-,33+,34-,35+/m1/s1. The van der Waals surface area contributed by atoms with E-state index in [-0.39, 0.29) is 13.2 Å². The Labute approximate surface area is 250 Å². The van der Waals surface area contributed by atoms with Gasteiger partial charge in [-0.15, -0.1) is 0 Å². The van der Waals surface area contributed by atoms with Crippen molar-refractivity contribution in [3.05, 3.63) is 143 Å². The minimum Gasteiger partial charge on any atom is -0.368 e. The normalized spacial score (nSPS) is 24.0. The van der Waals surface area contributed by atoms with E-state index in [0.717, 1.165) is 22.3 Å². The highest BCUT2D eigenvalue weighted by molar-refractivity contribution is 7.09. The van der Waals surface area contributed by atoms with Gasteiger partial charge in [0.15, 0.2) is 0 Å². The summed E-state index contributed by atoms with van der Waals surface area (Å²) in [6, 6.07) is 37.5. The highest BCUT2D eigenvalue weighted by Crippen LogP contribution is 2.43. The molecule has 0 spiro atoms. The molecule has 0 saturated carbocycles. The minimum atomic E-state index is -1.83. The van der Waals surface area contributed by atoms with Crippen molar-refractivity contribution in [2.45, 2.75) is 70.0 Å². The first-order valence-electron chi connectivity index (χ1n) is 14.4. The summed E-state index contributed by atoms with van der Waals surface area (Å²) in [7, 11) is 2.28. The second-order valence-corrected chi connectivity index (χ2v) is 10.8. The molecule has 0 aliphatic carbocycles. The monoisotopic (exact) mass is 586 g/mol. The zero-order chi connectivity index (χ0) is 29.2. The van der Waals surface area contributed by atoms with Crippen molar-refractivity contribution >= 4 is 9.47 Å². The second kappa shape index (κ2) is 15.0. The van der Waals surface area contributed by atoms with E-state index in [4.69, 9.17) is 23.5 Å². The first-order chi connectivity index (χ1) is 20.6.